The van der Waals surface area contributed by atoms with Crippen molar-refractivity contribution >= 4 is 41.7 Å². The van der Waals surface area contributed by atoms with Crippen LogP contribution in [0.4, 0.5) is 4.79 Å². The molecule has 0 saturated heterocycles. The van der Waals surface area contributed by atoms with Gasteiger partial charge in [-0.05, 0) is 70.2 Å². The fourth-order valence-corrected chi connectivity index (χ4v) is 3.90. The first-order valence-corrected chi connectivity index (χ1v) is 13.1. The minimum atomic E-state index is -1.07. The van der Waals surface area contributed by atoms with E-state index < -0.39 is 47.6 Å². The largest absolute Gasteiger partial charge is 0.468 e. The van der Waals surface area contributed by atoms with Crippen LogP contribution >= 0.6 is 11.8 Å². The summed E-state index contributed by atoms with van der Waals surface area (Å²) in [6.45, 7) is 12.2. The minimum Gasteiger partial charge on any atom is -0.468 e. The van der Waals surface area contributed by atoms with Crippen LogP contribution in [-0.4, -0.2) is 72.1 Å². The molecule has 9 nitrogen and oxygen atoms in total. The Morgan fingerprint density at radius 3 is 2.39 bits per heavy atom. The number of ether oxygens (including phenoxy) is 2. The van der Waals surface area contributed by atoms with E-state index in [1.165, 1.54) is 23.8 Å². The molecular formula is C26H39N3O6S. The number of rotatable bonds is 12. The van der Waals surface area contributed by atoms with Crippen molar-refractivity contribution in [1.29, 1.82) is 0 Å². The molecule has 0 aliphatic carbocycles. The summed E-state index contributed by atoms with van der Waals surface area (Å²) in [5, 5.41) is 5.25. The average molecular weight is 522 g/mol. The maximum absolute atomic E-state index is 13.9. The lowest BCUT2D eigenvalue weighted by atomic mass is 9.98. The highest BCUT2D eigenvalue weighted by atomic mass is 32.2. The molecule has 36 heavy (non-hydrogen) atoms. The van der Waals surface area contributed by atoms with Gasteiger partial charge in [0, 0.05) is 6.04 Å². The van der Waals surface area contributed by atoms with Crippen LogP contribution in [0.5, 0.6) is 0 Å². The highest BCUT2D eigenvalue weighted by Crippen LogP contribution is 2.27. The van der Waals surface area contributed by atoms with E-state index in [-0.39, 0.29) is 6.54 Å². The second-order valence-corrected chi connectivity index (χ2v) is 10.4. The number of nitrogens with zero attached hydrogens (tertiary/aromatic N) is 1. The quantitative estimate of drug-likeness (QED) is 0.404. The smallest absolute Gasteiger partial charge is 0.408 e. The van der Waals surface area contributed by atoms with Crippen LogP contribution in [0.25, 0.3) is 6.08 Å². The summed E-state index contributed by atoms with van der Waals surface area (Å²) in [4.78, 5) is 53.0. The highest BCUT2D eigenvalue weighted by Gasteiger charge is 2.37. The second-order valence-electron chi connectivity index (χ2n) is 9.39. The number of thioether (sulfide) groups is 1. The number of hydrogen-bond donors (Lipinski definition) is 2. The summed E-state index contributed by atoms with van der Waals surface area (Å²) in [5.74, 6) is -1.01. The van der Waals surface area contributed by atoms with Gasteiger partial charge < -0.3 is 25.0 Å². The van der Waals surface area contributed by atoms with Crippen molar-refractivity contribution < 1.29 is 28.7 Å². The number of carbonyl (C=O) groups is 4. The molecule has 2 unspecified atom stereocenters. The molecule has 0 bridgehead atoms. The summed E-state index contributed by atoms with van der Waals surface area (Å²) in [6, 6.07) is 4.67. The zero-order valence-electron chi connectivity index (χ0n) is 22.3. The van der Waals surface area contributed by atoms with E-state index in [0.717, 1.165) is 5.56 Å². The van der Waals surface area contributed by atoms with Crippen molar-refractivity contribution in [3.8, 4) is 0 Å². The van der Waals surface area contributed by atoms with E-state index >= 15 is 0 Å². The van der Waals surface area contributed by atoms with E-state index in [1.54, 1.807) is 58.9 Å². The van der Waals surface area contributed by atoms with Gasteiger partial charge in [-0.25, -0.2) is 4.79 Å². The Bertz CT molecular complexity index is 928. The number of esters is 1. The Hall–Kier alpha value is -3.01. The minimum absolute atomic E-state index is 0.339. The Balaban J connectivity index is 3.47. The molecular weight excluding hydrogens is 482 g/mol. The normalized spacial score (nSPS) is 12.8. The number of amides is 3. The number of hydrogen-bond acceptors (Lipinski definition) is 7. The first-order chi connectivity index (χ1) is 16.8. The molecule has 1 aromatic rings. The number of alkyl carbamates (subject to hydrolysis) is 1. The molecule has 0 radical (unpaired) electrons. The van der Waals surface area contributed by atoms with Crippen molar-refractivity contribution in [3.05, 3.63) is 42.0 Å². The fraction of sp³-hybridized carbons (Fsp3) is 0.538. The number of methoxy groups -OCH3 is 1. The molecule has 10 heteroatoms. The molecule has 0 aromatic heterocycles. The topological polar surface area (TPSA) is 114 Å². The van der Waals surface area contributed by atoms with Gasteiger partial charge in [0.25, 0.3) is 0 Å². The Morgan fingerprint density at radius 1 is 1.19 bits per heavy atom. The molecule has 0 spiro atoms. The molecule has 0 aliphatic heterocycles. The standard InChI is InChI=1S/C26H39N3O6S/c1-9-18-11-10-12-19(15-18)22(23(31)27-16-21(30)34-7)29(17(2)3)24(32)20(13-14-36-8)28-25(33)35-26(4,5)6/h9-12,15,17,20,22H,1,13-14,16H2,2-8H3,(H,27,31)(H,28,33). The van der Waals surface area contributed by atoms with Gasteiger partial charge in [-0.15, -0.1) is 0 Å². The van der Waals surface area contributed by atoms with Crippen LogP contribution in [0.15, 0.2) is 30.8 Å². The molecule has 2 atom stereocenters. The van der Waals surface area contributed by atoms with Gasteiger partial charge in [0.05, 0.1) is 7.11 Å². The Kier molecular flexibility index (Phi) is 12.5. The van der Waals surface area contributed by atoms with Gasteiger partial charge in [-0.3, -0.25) is 14.4 Å². The molecule has 0 heterocycles. The van der Waals surface area contributed by atoms with Crippen molar-refractivity contribution in [1.82, 2.24) is 15.5 Å². The summed E-state index contributed by atoms with van der Waals surface area (Å²) >= 11 is 1.53. The second kappa shape index (κ2) is 14.5. The van der Waals surface area contributed by atoms with Crippen LogP contribution in [-0.2, 0) is 23.9 Å². The summed E-state index contributed by atoms with van der Waals surface area (Å²) in [6.07, 6.45) is 3.16. The van der Waals surface area contributed by atoms with Gasteiger partial charge in [-0.2, -0.15) is 11.8 Å². The SMILES string of the molecule is C=Cc1cccc(C(C(=O)NCC(=O)OC)N(C(=O)C(CCSC)NC(=O)OC(C)(C)C)C(C)C)c1. The first-order valence-electron chi connectivity index (χ1n) is 11.7. The van der Waals surface area contributed by atoms with E-state index in [9.17, 15) is 19.2 Å². The van der Waals surface area contributed by atoms with E-state index in [2.05, 4.69) is 21.9 Å². The van der Waals surface area contributed by atoms with Crippen LogP contribution in [0.2, 0.25) is 0 Å². The lowest BCUT2D eigenvalue weighted by Gasteiger charge is -2.37. The van der Waals surface area contributed by atoms with Crippen molar-refractivity contribution in [3.63, 3.8) is 0 Å². The lowest BCUT2D eigenvalue weighted by molar-refractivity contribution is -0.146. The van der Waals surface area contributed by atoms with Crippen LogP contribution < -0.4 is 10.6 Å². The maximum atomic E-state index is 13.9. The third kappa shape index (κ3) is 9.93. The molecule has 0 aliphatic rings. The maximum Gasteiger partial charge on any atom is 0.408 e. The zero-order chi connectivity index (χ0) is 27.5. The highest BCUT2D eigenvalue weighted by molar-refractivity contribution is 7.98. The van der Waals surface area contributed by atoms with Crippen LogP contribution in [0.1, 0.15) is 58.2 Å². The van der Waals surface area contributed by atoms with E-state index in [4.69, 9.17) is 4.74 Å². The van der Waals surface area contributed by atoms with Crippen molar-refractivity contribution in [2.75, 3.05) is 25.7 Å². The van der Waals surface area contributed by atoms with Gasteiger partial charge in [0.15, 0.2) is 0 Å². The third-order valence-electron chi connectivity index (χ3n) is 5.03. The van der Waals surface area contributed by atoms with Crippen molar-refractivity contribution in [2.24, 2.45) is 0 Å². The van der Waals surface area contributed by atoms with Gasteiger partial charge >= 0.3 is 12.1 Å². The first kappa shape index (κ1) is 31.0. The molecule has 200 valence electrons. The third-order valence-corrected chi connectivity index (χ3v) is 5.68. The molecule has 2 N–H and O–H groups in total. The number of carbonyl (C=O) groups excluding carboxylic acids is 4. The molecule has 0 fully saturated rings. The van der Waals surface area contributed by atoms with Crippen LogP contribution in [0.3, 0.4) is 0 Å². The van der Waals surface area contributed by atoms with Gasteiger partial charge in [0.1, 0.15) is 24.2 Å². The predicted octanol–water partition coefficient (Wildman–Crippen LogP) is 3.54. The van der Waals surface area contributed by atoms with E-state index in [1.807, 2.05) is 12.3 Å². The number of nitrogens with one attached hydrogen (secondary N) is 2. The molecule has 1 rings (SSSR count). The van der Waals surface area contributed by atoms with Gasteiger partial charge in [0.2, 0.25) is 11.8 Å². The fourth-order valence-electron chi connectivity index (χ4n) is 3.43. The predicted molar refractivity (Wildman–Crippen MR) is 142 cm³/mol. The lowest BCUT2D eigenvalue weighted by Crippen LogP contribution is -2.55. The molecule has 3 amide bonds. The zero-order valence-corrected chi connectivity index (χ0v) is 23.1. The summed E-state index contributed by atoms with van der Waals surface area (Å²) in [5.41, 5.74) is 0.564. The molecule has 0 saturated carbocycles. The Labute approximate surface area is 218 Å². The van der Waals surface area contributed by atoms with E-state index in [0.29, 0.717) is 17.7 Å². The van der Waals surface area contributed by atoms with Crippen LogP contribution in [0, 0.1) is 0 Å². The monoisotopic (exact) mass is 521 g/mol. The summed E-state index contributed by atoms with van der Waals surface area (Å²) < 4.78 is 10.0. The average Bonchev–Trinajstić information content (AvgIpc) is 2.81. The Morgan fingerprint density at radius 2 is 1.86 bits per heavy atom. The molecule has 1 aromatic carbocycles. The summed E-state index contributed by atoms with van der Waals surface area (Å²) in [7, 11) is 1.22. The van der Waals surface area contributed by atoms with Gasteiger partial charge in [-0.1, -0.05) is 30.9 Å². The number of benzene rings is 1. The van der Waals surface area contributed by atoms with Crippen molar-refractivity contribution in [2.45, 2.75) is 64.8 Å².